The number of amides is 2. The number of hydrogen-bond donors (Lipinski definition) is 2. The number of carbonyl (C=O) groups is 1. The zero-order valence-electron chi connectivity index (χ0n) is 15.0. The molecular formula is C19H27N3O3. The Hall–Kier alpha value is -2.08. The van der Waals surface area contributed by atoms with Gasteiger partial charge in [-0.3, -0.25) is 0 Å². The predicted octanol–water partition coefficient (Wildman–Crippen LogP) is 2.43. The van der Waals surface area contributed by atoms with Crippen molar-refractivity contribution in [3.05, 3.63) is 35.4 Å². The first-order valence-electron chi connectivity index (χ1n) is 8.98. The highest BCUT2D eigenvalue weighted by Gasteiger charge is 2.28. The normalized spacial score (nSPS) is 26.6. The molecule has 25 heavy (non-hydrogen) atoms. The van der Waals surface area contributed by atoms with E-state index in [1.807, 2.05) is 19.1 Å². The second-order valence-corrected chi connectivity index (χ2v) is 7.36. The molecular weight excluding hydrogens is 318 g/mol. The van der Waals surface area contributed by atoms with Gasteiger partial charge in [-0.05, 0) is 38.7 Å². The van der Waals surface area contributed by atoms with Crippen LogP contribution in [0.1, 0.15) is 43.7 Å². The number of urea groups is 1. The van der Waals surface area contributed by atoms with E-state index in [-0.39, 0.29) is 12.1 Å². The lowest BCUT2D eigenvalue weighted by Crippen LogP contribution is -2.43. The topological polar surface area (TPSA) is 74.2 Å². The van der Waals surface area contributed by atoms with Crippen LogP contribution in [0.25, 0.3) is 0 Å². The van der Waals surface area contributed by atoms with Crippen LogP contribution in [-0.4, -0.2) is 53.1 Å². The fourth-order valence-electron chi connectivity index (χ4n) is 3.23. The zero-order chi connectivity index (χ0) is 17.9. The quantitative estimate of drug-likeness (QED) is 0.884. The number of benzene rings is 1. The van der Waals surface area contributed by atoms with E-state index in [4.69, 9.17) is 4.84 Å². The Labute approximate surface area is 148 Å². The predicted molar refractivity (Wildman–Crippen MR) is 96.7 cm³/mol. The van der Waals surface area contributed by atoms with Crippen LogP contribution in [0, 0.1) is 6.92 Å². The molecule has 1 fully saturated rings. The van der Waals surface area contributed by atoms with Crippen molar-refractivity contribution in [2.24, 2.45) is 5.16 Å². The Bertz CT molecular complexity index is 640. The molecule has 1 aromatic rings. The maximum atomic E-state index is 12.3. The summed E-state index contributed by atoms with van der Waals surface area (Å²) in [4.78, 5) is 19.6. The van der Waals surface area contributed by atoms with Crippen molar-refractivity contribution in [3.8, 4) is 0 Å². The summed E-state index contributed by atoms with van der Waals surface area (Å²) < 4.78 is 0. The first-order chi connectivity index (χ1) is 11.9. The van der Waals surface area contributed by atoms with E-state index in [1.165, 1.54) is 5.56 Å². The molecule has 6 heteroatoms. The van der Waals surface area contributed by atoms with Crippen molar-refractivity contribution in [2.45, 2.75) is 51.2 Å². The largest absolute Gasteiger partial charge is 0.390 e. The molecule has 0 radical (unpaired) electrons. The SMILES string of the molecule is Cc1ccc(C2=NO[C@@H](CNC(=O)N3CCC[C@](C)(O)CC3)C2)cc1. The molecule has 1 aromatic carbocycles. The van der Waals surface area contributed by atoms with Crippen molar-refractivity contribution in [3.63, 3.8) is 0 Å². The fourth-order valence-corrected chi connectivity index (χ4v) is 3.23. The van der Waals surface area contributed by atoms with Gasteiger partial charge in [0.2, 0.25) is 0 Å². The van der Waals surface area contributed by atoms with Crippen LogP contribution >= 0.6 is 0 Å². The van der Waals surface area contributed by atoms with Crippen molar-refractivity contribution in [2.75, 3.05) is 19.6 Å². The van der Waals surface area contributed by atoms with E-state index in [1.54, 1.807) is 4.90 Å². The number of aliphatic hydroxyl groups is 1. The molecule has 1 saturated heterocycles. The maximum Gasteiger partial charge on any atom is 0.317 e. The average Bonchev–Trinajstić information content (AvgIpc) is 2.97. The third-order valence-corrected chi connectivity index (χ3v) is 4.95. The van der Waals surface area contributed by atoms with Gasteiger partial charge in [0, 0.05) is 19.5 Å². The van der Waals surface area contributed by atoms with Crippen LogP contribution in [0.5, 0.6) is 0 Å². The molecule has 2 aliphatic rings. The Morgan fingerprint density at radius 3 is 2.88 bits per heavy atom. The summed E-state index contributed by atoms with van der Waals surface area (Å²) in [7, 11) is 0. The van der Waals surface area contributed by atoms with Gasteiger partial charge in [0.25, 0.3) is 0 Å². The van der Waals surface area contributed by atoms with Crippen LogP contribution in [0.3, 0.4) is 0 Å². The van der Waals surface area contributed by atoms with Gasteiger partial charge in [0.15, 0.2) is 6.10 Å². The third-order valence-electron chi connectivity index (χ3n) is 4.95. The van der Waals surface area contributed by atoms with Crippen molar-refractivity contribution in [1.82, 2.24) is 10.2 Å². The molecule has 0 aromatic heterocycles. The number of rotatable bonds is 3. The summed E-state index contributed by atoms with van der Waals surface area (Å²) in [6.07, 6.45) is 2.73. The molecule has 0 spiro atoms. The lowest BCUT2D eigenvalue weighted by atomic mass is 9.98. The number of likely N-dealkylation sites (tertiary alicyclic amines) is 1. The van der Waals surface area contributed by atoms with Crippen LogP contribution in [0.15, 0.2) is 29.4 Å². The Morgan fingerprint density at radius 1 is 1.36 bits per heavy atom. The van der Waals surface area contributed by atoms with Gasteiger partial charge in [-0.1, -0.05) is 35.0 Å². The van der Waals surface area contributed by atoms with Gasteiger partial charge in [-0.25, -0.2) is 4.79 Å². The second kappa shape index (κ2) is 7.44. The van der Waals surface area contributed by atoms with Crippen molar-refractivity contribution < 1.29 is 14.7 Å². The molecule has 136 valence electrons. The molecule has 6 nitrogen and oxygen atoms in total. The fraction of sp³-hybridized carbons (Fsp3) is 0.579. The maximum absolute atomic E-state index is 12.3. The number of aryl methyl sites for hydroxylation is 1. The molecule has 0 saturated carbocycles. The Morgan fingerprint density at radius 2 is 2.12 bits per heavy atom. The summed E-state index contributed by atoms with van der Waals surface area (Å²) >= 11 is 0. The molecule has 2 atom stereocenters. The average molecular weight is 345 g/mol. The molecule has 0 aliphatic carbocycles. The number of oxime groups is 1. The second-order valence-electron chi connectivity index (χ2n) is 7.36. The molecule has 2 N–H and O–H groups in total. The summed E-state index contributed by atoms with van der Waals surface area (Å²) in [5.41, 5.74) is 2.53. The van der Waals surface area contributed by atoms with E-state index >= 15 is 0 Å². The minimum absolute atomic E-state index is 0.0925. The standard InChI is InChI=1S/C19H27N3O3/c1-14-4-6-15(7-5-14)17-12-16(25-21-17)13-20-18(23)22-10-3-8-19(2,24)9-11-22/h4-7,16,24H,3,8-13H2,1-2H3,(H,20,23)/t16-,19+/m1/s1. The van der Waals surface area contributed by atoms with E-state index < -0.39 is 5.60 Å². The van der Waals surface area contributed by atoms with Gasteiger partial charge < -0.3 is 20.2 Å². The first-order valence-corrected chi connectivity index (χ1v) is 8.98. The van der Waals surface area contributed by atoms with Gasteiger partial charge in [-0.15, -0.1) is 0 Å². The van der Waals surface area contributed by atoms with Crippen LogP contribution in [0.2, 0.25) is 0 Å². The molecule has 0 unspecified atom stereocenters. The zero-order valence-corrected chi connectivity index (χ0v) is 15.0. The van der Waals surface area contributed by atoms with Gasteiger partial charge in [0.05, 0.1) is 17.9 Å². The lowest BCUT2D eigenvalue weighted by Gasteiger charge is -2.23. The molecule has 3 rings (SSSR count). The highest BCUT2D eigenvalue weighted by Crippen LogP contribution is 2.21. The molecule has 0 bridgehead atoms. The first kappa shape index (κ1) is 17.7. The summed E-state index contributed by atoms with van der Waals surface area (Å²) in [6, 6.07) is 8.11. The summed E-state index contributed by atoms with van der Waals surface area (Å²) in [5.74, 6) is 0. The number of nitrogens with one attached hydrogen (secondary N) is 1. The van der Waals surface area contributed by atoms with Crippen LogP contribution in [0.4, 0.5) is 4.79 Å². The number of nitrogens with zero attached hydrogens (tertiary/aromatic N) is 2. The molecule has 2 heterocycles. The van der Waals surface area contributed by atoms with Gasteiger partial charge >= 0.3 is 6.03 Å². The van der Waals surface area contributed by atoms with E-state index in [0.717, 1.165) is 24.1 Å². The Balaban J connectivity index is 1.45. The van der Waals surface area contributed by atoms with E-state index in [0.29, 0.717) is 32.5 Å². The van der Waals surface area contributed by atoms with Crippen molar-refractivity contribution >= 4 is 11.7 Å². The molecule has 2 amide bonds. The molecule has 2 aliphatic heterocycles. The van der Waals surface area contributed by atoms with Crippen LogP contribution < -0.4 is 5.32 Å². The summed E-state index contributed by atoms with van der Waals surface area (Å²) in [5, 5.41) is 17.2. The highest BCUT2D eigenvalue weighted by molar-refractivity contribution is 6.01. The van der Waals surface area contributed by atoms with Gasteiger partial charge in [0.1, 0.15) is 0 Å². The Kier molecular flexibility index (Phi) is 5.27. The monoisotopic (exact) mass is 345 g/mol. The highest BCUT2D eigenvalue weighted by atomic mass is 16.6. The number of carbonyl (C=O) groups excluding carboxylic acids is 1. The van der Waals surface area contributed by atoms with E-state index in [9.17, 15) is 9.90 Å². The minimum Gasteiger partial charge on any atom is -0.390 e. The third kappa shape index (κ3) is 4.72. The number of hydrogen-bond acceptors (Lipinski definition) is 4. The van der Waals surface area contributed by atoms with Crippen molar-refractivity contribution in [1.29, 1.82) is 0 Å². The summed E-state index contributed by atoms with van der Waals surface area (Å²) in [6.45, 7) is 5.58. The lowest BCUT2D eigenvalue weighted by molar-refractivity contribution is 0.0455. The van der Waals surface area contributed by atoms with Gasteiger partial charge in [-0.2, -0.15) is 0 Å². The van der Waals surface area contributed by atoms with Crippen LogP contribution in [-0.2, 0) is 4.84 Å². The van der Waals surface area contributed by atoms with E-state index in [2.05, 4.69) is 29.5 Å². The smallest absolute Gasteiger partial charge is 0.317 e. The minimum atomic E-state index is -0.666.